The van der Waals surface area contributed by atoms with Crippen molar-refractivity contribution in [2.24, 2.45) is 25.7 Å². The van der Waals surface area contributed by atoms with Gasteiger partial charge in [0.1, 0.15) is 11.4 Å². The highest BCUT2D eigenvalue weighted by atomic mass is 32.2. The van der Waals surface area contributed by atoms with Gasteiger partial charge in [-0.1, -0.05) is 30.3 Å². The molecule has 2 aliphatic rings. The molecule has 0 fully saturated rings. The van der Waals surface area contributed by atoms with Crippen molar-refractivity contribution >= 4 is 34.9 Å². The molecule has 96 valence electrons. The Bertz CT molecular complexity index is 588. The maximum absolute atomic E-state index is 5.68. The van der Waals surface area contributed by atoms with Gasteiger partial charge >= 0.3 is 0 Å². The highest BCUT2D eigenvalue weighted by molar-refractivity contribution is 8.14. The van der Waals surface area contributed by atoms with Gasteiger partial charge in [0.15, 0.2) is 11.9 Å². The minimum Gasteiger partial charge on any atom is -0.368 e. The molecule has 1 unspecified atom stereocenters. The fourth-order valence-corrected chi connectivity index (χ4v) is 2.94. The van der Waals surface area contributed by atoms with E-state index < -0.39 is 0 Å². The Labute approximate surface area is 115 Å². The van der Waals surface area contributed by atoms with E-state index in [1.165, 1.54) is 11.9 Å². The maximum atomic E-state index is 5.68. The number of hydrogen-bond acceptors (Lipinski definition) is 6. The normalized spacial score (nSPS) is 20.6. The first-order valence-electron chi connectivity index (χ1n) is 6.02. The van der Waals surface area contributed by atoms with Crippen LogP contribution in [0.25, 0.3) is 0 Å². The third-order valence-electron chi connectivity index (χ3n) is 2.82. The summed E-state index contributed by atoms with van der Waals surface area (Å²) in [5, 5.41) is 0.885. The van der Waals surface area contributed by atoms with E-state index in [1.54, 1.807) is 11.8 Å². The molecule has 0 amide bonds. The Morgan fingerprint density at radius 3 is 2.84 bits per heavy atom. The molecule has 6 heteroatoms. The van der Waals surface area contributed by atoms with Crippen LogP contribution in [-0.4, -0.2) is 35.0 Å². The minimum absolute atomic E-state index is 0.145. The first-order chi connectivity index (χ1) is 9.33. The van der Waals surface area contributed by atoms with Crippen LogP contribution < -0.4 is 5.73 Å². The standard InChI is InChI=1S/C13H13N5S/c14-13-17-11-10(15-8-16-11)12(18-13)19-7-6-9-4-2-1-3-5-9/h1-5,8,10H,6-7H2,(H2,14,15,16,17). The molecule has 0 saturated carbocycles. The second-order valence-electron chi connectivity index (χ2n) is 4.16. The van der Waals surface area contributed by atoms with E-state index in [1.807, 2.05) is 6.07 Å². The number of thioether (sulfide) groups is 1. The van der Waals surface area contributed by atoms with E-state index in [2.05, 4.69) is 44.2 Å². The molecule has 2 aliphatic heterocycles. The van der Waals surface area contributed by atoms with Gasteiger partial charge in [-0.25, -0.2) is 9.98 Å². The van der Waals surface area contributed by atoms with Crippen molar-refractivity contribution in [2.75, 3.05) is 5.75 Å². The van der Waals surface area contributed by atoms with Gasteiger partial charge in [-0.2, -0.15) is 4.99 Å². The van der Waals surface area contributed by atoms with Crippen LogP contribution in [0, 0.1) is 0 Å². The van der Waals surface area contributed by atoms with Crippen LogP contribution in [0.1, 0.15) is 5.56 Å². The third-order valence-corrected chi connectivity index (χ3v) is 3.84. The topological polar surface area (TPSA) is 75.5 Å². The summed E-state index contributed by atoms with van der Waals surface area (Å²) in [7, 11) is 0. The van der Waals surface area contributed by atoms with Gasteiger partial charge in [-0.15, -0.1) is 11.8 Å². The van der Waals surface area contributed by atoms with Crippen LogP contribution in [0.15, 0.2) is 50.3 Å². The molecule has 0 saturated heterocycles. The van der Waals surface area contributed by atoms with Crippen LogP contribution in [0.2, 0.25) is 0 Å². The fourth-order valence-electron chi connectivity index (χ4n) is 1.91. The average molecular weight is 271 g/mol. The summed E-state index contributed by atoms with van der Waals surface area (Å²) in [6.45, 7) is 0. The predicted octanol–water partition coefficient (Wildman–Crippen LogP) is 1.50. The van der Waals surface area contributed by atoms with E-state index in [9.17, 15) is 0 Å². The zero-order chi connectivity index (χ0) is 13.1. The molecule has 5 nitrogen and oxygen atoms in total. The lowest BCUT2D eigenvalue weighted by atomic mass is 10.2. The number of rotatable bonds is 3. The molecular formula is C13H13N5S. The van der Waals surface area contributed by atoms with Crippen LogP contribution in [-0.2, 0) is 6.42 Å². The van der Waals surface area contributed by atoms with Crippen molar-refractivity contribution in [3.63, 3.8) is 0 Å². The number of hydrogen-bond donors (Lipinski definition) is 1. The first kappa shape index (κ1) is 12.1. The lowest BCUT2D eigenvalue weighted by Crippen LogP contribution is -2.31. The summed E-state index contributed by atoms with van der Waals surface area (Å²) >= 11 is 1.67. The lowest BCUT2D eigenvalue weighted by Gasteiger charge is -2.15. The van der Waals surface area contributed by atoms with Crippen LogP contribution in [0.5, 0.6) is 0 Å². The van der Waals surface area contributed by atoms with Gasteiger partial charge in [-0.3, -0.25) is 4.99 Å². The Morgan fingerprint density at radius 1 is 1.16 bits per heavy atom. The molecule has 2 heterocycles. The molecule has 0 spiro atoms. The zero-order valence-corrected chi connectivity index (χ0v) is 11.0. The van der Waals surface area contributed by atoms with Gasteiger partial charge in [0.05, 0.1) is 0 Å². The Balaban J connectivity index is 1.62. The highest BCUT2D eigenvalue weighted by Crippen LogP contribution is 2.19. The summed E-state index contributed by atoms with van der Waals surface area (Å²) in [4.78, 5) is 16.7. The molecule has 2 N–H and O–H groups in total. The van der Waals surface area contributed by atoms with Crippen LogP contribution >= 0.6 is 11.8 Å². The first-order valence-corrected chi connectivity index (χ1v) is 7.00. The van der Waals surface area contributed by atoms with Crippen molar-refractivity contribution < 1.29 is 0 Å². The lowest BCUT2D eigenvalue weighted by molar-refractivity contribution is 1.14. The summed E-state index contributed by atoms with van der Waals surface area (Å²) in [6.07, 6.45) is 2.51. The number of nitrogens with zero attached hydrogens (tertiary/aromatic N) is 4. The second kappa shape index (κ2) is 5.36. The highest BCUT2D eigenvalue weighted by Gasteiger charge is 2.28. The van der Waals surface area contributed by atoms with Gasteiger partial charge < -0.3 is 5.73 Å². The molecule has 0 bridgehead atoms. The van der Waals surface area contributed by atoms with E-state index >= 15 is 0 Å². The second-order valence-corrected chi connectivity index (χ2v) is 5.27. The van der Waals surface area contributed by atoms with Crippen molar-refractivity contribution in [1.82, 2.24) is 0 Å². The third kappa shape index (κ3) is 2.73. The average Bonchev–Trinajstić information content (AvgIpc) is 2.88. The number of amidine groups is 1. The largest absolute Gasteiger partial charge is 0.368 e. The van der Waals surface area contributed by atoms with Crippen molar-refractivity contribution in [3.05, 3.63) is 35.9 Å². The molecular weight excluding hydrogens is 258 g/mol. The van der Waals surface area contributed by atoms with Gasteiger partial charge in [0, 0.05) is 5.75 Å². The van der Waals surface area contributed by atoms with E-state index in [-0.39, 0.29) is 12.0 Å². The Morgan fingerprint density at radius 2 is 2.00 bits per heavy atom. The summed E-state index contributed by atoms with van der Waals surface area (Å²) in [5.41, 5.74) is 6.99. The quantitative estimate of drug-likeness (QED) is 0.904. The van der Waals surface area contributed by atoms with Crippen molar-refractivity contribution in [1.29, 1.82) is 0 Å². The fraction of sp³-hybridized carbons (Fsp3) is 0.231. The molecule has 0 radical (unpaired) electrons. The van der Waals surface area contributed by atoms with E-state index in [0.29, 0.717) is 5.84 Å². The molecule has 0 aromatic heterocycles. The Hall–Kier alpha value is -1.95. The number of guanidine groups is 1. The SMILES string of the molecule is NC1=NC2=NC=NC2C(SCCc2ccccc2)=N1. The van der Waals surface area contributed by atoms with E-state index in [4.69, 9.17) is 5.73 Å². The van der Waals surface area contributed by atoms with Gasteiger partial charge in [0.25, 0.3) is 0 Å². The van der Waals surface area contributed by atoms with Crippen molar-refractivity contribution in [3.8, 4) is 0 Å². The number of aryl methyl sites for hydroxylation is 1. The molecule has 0 aliphatic carbocycles. The number of fused-ring (bicyclic) bond motifs is 1. The minimum atomic E-state index is -0.145. The molecule has 1 aromatic rings. The maximum Gasteiger partial charge on any atom is 0.222 e. The van der Waals surface area contributed by atoms with Gasteiger partial charge in [-0.05, 0) is 12.0 Å². The number of aliphatic imine (C=N–C) groups is 4. The van der Waals surface area contributed by atoms with Gasteiger partial charge in [0.2, 0.25) is 5.96 Å². The number of nitrogens with two attached hydrogens (primary N) is 1. The van der Waals surface area contributed by atoms with E-state index in [0.717, 1.165) is 17.2 Å². The molecule has 19 heavy (non-hydrogen) atoms. The molecule has 1 aromatic carbocycles. The van der Waals surface area contributed by atoms with Crippen LogP contribution in [0.3, 0.4) is 0 Å². The summed E-state index contributed by atoms with van der Waals surface area (Å²) in [6, 6.07) is 10.2. The van der Waals surface area contributed by atoms with Crippen molar-refractivity contribution in [2.45, 2.75) is 12.5 Å². The molecule has 3 rings (SSSR count). The number of benzene rings is 1. The Kier molecular flexibility index (Phi) is 3.41. The summed E-state index contributed by atoms with van der Waals surface area (Å²) < 4.78 is 0. The molecule has 1 atom stereocenters. The smallest absolute Gasteiger partial charge is 0.222 e. The summed E-state index contributed by atoms with van der Waals surface area (Å²) in [5.74, 6) is 1.85. The predicted molar refractivity (Wildman–Crippen MR) is 81.4 cm³/mol. The van der Waals surface area contributed by atoms with Crippen LogP contribution in [0.4, 0.5) is 0 Å². The monoisotopic (exact) mass is 271 g/mol. The zero-order valence-electron chi connectivity index (χ0n) is 10.2.